The van der Waals surface area contributed by atoms with E-state index in [1.807, 2.05) is 30.3 Å². The first-order valence-electron chi connectivity index (χ1n) is 7.13. The zero-order chi connectivity index (χ0) is 17.6. The Morgan fingerprint density at radius 1 is 1.04 bits per heavy atom. The number of alkyl halides is 3. The SMILES string of the molecule is NC(=S)c1ccc(OCCOCc2ccccc2)c(C(F)(F)F)c1. The van der Waals surface area contributed by atoms with Gasteiger partial charge in [0.25, 0.3) is 0 Å². The quantitative estimate of drug-likeness (QED) is 0.604. The van der Waals surface area contributed by atoms with Crippen molar-refractivity contribution in [1.29, 1.82) is 0 Å². The smallest absolute Gasteiger partial charge is 0.419 e. The highest BCUT2D eigenvalue weighted by molar-refractivity contribution is 7.80. The first-order valence-corrected chi connectivity index (χ1v) is 7.54. The number of ether oxygens (including phenoxy) is 2. The van der Waals surface area contributed by atoms with Gasteiger partial charge >= 0.3 is 6.18 Å². The largest absolute Gasteiger partial charge is 0.491 e. The number of benzene rings is 2. The number of hydrogen-bond donors (Lipinski definition) is 1. The molecule has 0 saturated carbocycles. The van der Waals surface area contributed by atoms with Crippen molar-refractivity contribution in [3.05, 3.63) is 65.2 Å². The molecule has 2 aromatic carbocycles. The van der Waals surface area contributed by atoms with E-state index in [1.165, 1.54) is 12.1 Å². The molecule has 2 aromatic rings. The minimum absolute atomic E-state index is 0.00231. The van der Waals surface area contributed by atoms with Crippen LogP contribution in [-0.2, 0) is 17.5 Å². The van der Waals surface area contributed by atoms with E-state index < -0.39 is 11.7 Å². The molecule has 0 aliphatic carbocycles. The molecule has 128 valence electrons. The van der Waals surface area contributed by atoms with E-state index in [4.69, 9.17) is 27.4 Å². The summed E-state index contributed by atoms with van der Waals surface area (Å²) in [5.41, 5.74) is 5.59. The Bertz CT molecular complexity index is 690. The Morgan fingerprint density at radius 2 is 1.75 bits per heavy atom. The van der Waals surface area contributed by atoms with Crippen LogP contribution in [0.25, 0.3) is 0 Å². The van der Waals surface area contributed by atoms with E-state index >= 15 is 0 Å². The fourth-order valence-corrected chi connectivity index (χ4v) is 2.13. The third-order valence-corrected chi connectivity index (χ3v) is 3.40. The topological polar surface area (TPSA) is 44.5 Å². The van der Waals surface area contributed by atoms with Crippen LogP contribution in [0.4, 0.5) is 13.2 Å². The molecule has 0 atom stereocenters. The molecule has 0 fully saturated rings. The third-order valence-electron chi connectivity index (χ3n) is 3.17. The van der Waals surface area contributed by atoms with Crippen molar-refractivity contribution in [3.63, 3.8) is 0 Å². The monoisotopic (exact) mass is 355 g/mol. The lowest BCUT2D eigenvalue weighted by molar-refractivity contribution is -0.139. The lowest BCUT2D eigenvalue weighted by Crippen LogP contribution is -2.15. The zero-order valence-corrected chi connectivity index (χ0v) is 13.5. The maximum Gasteiger partial charge on any atom is 0.419 e. The summed E-state index contributed by atoms with van der Waals surface area (Å²) in [6, 6.07) is 13.0. The fraction of sp³-hybridized carbons (Fsp3) is 0.235. The van der Waals surface area contributed by atoms with Crippen LogP contribution in [0.3, 0.4) is 0 Å². The lowest BCUT2D eigenvalue weighted by Gasteiger charge is -2.15. The van der Waals surface area contributed by atoms with Gasteiger partial charge in [-0.25, -0.2) is 0 Å². The minimum Gasteiger partial charge on any atom is -0.491 e. The van der Waals surface area contributed by atoms with Crippen molar-refractivity contribution in [2.24, 2.45) is 5.73 Å². The second-order valence-corrected chi connectivity index (χ2v) is 5.40. The summed E-state index contributed by atoms with van der Waals surface area (Å²) in [6.07, 6.45) is -4.55. The van der Waals surface area contributed by atoms with Crippen LogP contribution in [0.2, 0.25) is 0 Å². The summed E-state index contributed by atoms with van der Waals surface area (Å²) in [6.45, 7) is 0.544. The Labute approximate surface area is 143 Å². The predicted molar refractivity (Wildman–Crippen MR) is 88.9 cm³/mol. The highest BCUT2D eigenvalue weighted by atomic mass is 32.1. The van der Waals surface area contributed by atoms with E-state index in [2.05, 4.69) is 0 Å². The van der Waals surface area contributed by atoms with Gasteiger partial charge in [0, 0.05) is 5.56 Å². The van der Waals surface area contributed by atoms with Crippen molar-refractivity contribution in [2.75, 3.05) is 13.2 Å². The van der Waals surface area contributed by atoms with Gasteiger partial charge in [-0.1, -0.05) is 42.5 Å². The standard InChI is InChI=1S/C17H16F3NO2S/c18-17(19,20)14-10-13(16(21)24)6-7-15(14)23-9-8-22-11-12-4-2-1-3-5-12/h1-7,10H,8-9,11H2,(H2,21,24). The van der Waals surface area contributed by atoms with Gasteiger partial charge in [0.15, 0.2) is 0 Å². The third kappa shape index (κ3) is 5.21. The van der Waals surface area contributed by atoms with Gasteiger partial charge in [-0.05, 0) is 23.8 Å². The zero-order valence-electron chi connectivity index (χ0n) is 12.7. The number of nitrogens with two attached hydrogens (primary N) is 1. The van der Waals surface area contributed by atoms with Crippen molar-refractivity contribution in [1.82, 2.24) is 0 Å². The van der Waals surface area contributed by atoms with Crippen molar-refractivity contribution in [3.8, 4) is 5.75 Å². The Morgan fingerprint density at radius 3 is 2.38 bits per heavy atom. The molecule has 2 rings (SSSR count). The molecule has 0 bridgehead atoms. The minimum atomic E-state index is -4.55. The van der Waals surface area contributed by atoms with Crippen LogP contribution in [0.15, 0.2) is 48.5 Å². The van der Waals surface area contributed by atoms with Crippen LogP contribution >= 0.6 is 12.2 Å². The summed E-state index contributed by atoms with van der Waals surface area (Å²) in [5, 5.41) is 0. The maximum absolute atomic E-state index is 13.1. The molecule has 0 radical (unpaired) electrons. The van der Waals surface area contributed by atoms with E-state index in [0.717, 1.165) is 11.6 Å². The highest BCUT2D eigenvalue weighted by Crippen LogP contribution is 2.36. The molecule has 0 aliphatic heterocycles. The van der Waals surface area contributed by atoms with Crippen LogP contribution < -0.4 is 10.5 Å². The Hall–Kier alpha value is -2.12. The van der Waals surface area contributed by atoms with Crippen molar-refractivity contribution in [2.45, 2.75) is 12.8 Å². The molecule has 0 heterocycles. The fourth-order valence-electron chi connectivity index (χ4n) is 2.01. The van der Waals surface area contributed by atoms with Crippen LogP contribution in [0, 0.1) is 0 Å². The molecule has 24 heavy (non-hydrogen) atoms. The first-order chi connectivity index (χ1) is 11.4. The molecular weight excluding hydrogens is 339 g/mol. The molecule has 0 unspecified atom stereocenters. The first kappa shape index (κ1) is 18.2. The molecule has 2 N–H and O–H groups in total. The predicted octanol–water partition coefficient (Wildman–Crippen LogP) is 3.94. The van der Waals surface area contributed by atoms with E-state index in [-0.39, 0.29) is 29.5 Å². The molecule has 3 nitrogen and oxygen atoms in total. The van der Waals surface area contributed by atoms with Crippen molar-refractivity contribution >= 4 is 17.2 Å². The summed E-state index contributed by atoms with van der Waals surface area (Å²) in [7, 11) is 0. The maximum atomic E-state index is 13.1. The van der Waals surface area contributed by atoms with Gasteiger partial charge in [0.1, 0.15) is 17.3 Å². The molecule has 0 amide bonds. The number of thiocarbonyl (C=S) groups is 1. The number of rotatable bonds is 7. The van der Waals surface area contributed by atoms with Crippen LogP contribution in [0.5, 0.6) is 5.75 Å². The van der Waals surface area contributed by atoms with Gasteiger partial charge in [-0.15, -0.1) is 0 Å². The van der Waals surface area contributed by atoms with E-state index in [1.54, 1.807) is 0 Å². The molecule has 0 aromatic heterocycles. The van der Waals surface area contributed by atoms with Gasteiger partial charge < -0.3 is 15.2 Å². The molecule has 7 heteroatoms. The normalized spacial score (nSPS) is 11.3. The lowest BCUT2D eigenvalue weighted by atomic mass is 10.1. The molecule has 0 saturated heterocycles. The summed E-state index contributed by atoms with van der Waals surface area (Å²) < 4.78 is 49.9. The van der Waals surface area contributed by atoms with Gasteiger partial charge in [-0.3, -0.25) is 0 Å². The molecule has 0 spiro atoms. The number of halogens is 3. The van der Waals surface area contributed by atoms with Gasteiger partial charge in [0.2, 0.25) is 0 Å². The number of hydrogen-bond acceptors (Lipinski definition) is 3. The molecule has 0 aliphatic rings. The Kier molecular flexibility index (Phi) is 6.16. The summed E-state index contributed by atoms with van der Waals surface area (Å²) in [4.78, 5) is -0.0988. The second kappa shape index (κ2) is 8.12. The van der Waals surface area contributed by atoms with Gasteiger partial charge in [0.05, 0.1) is 18.8 Å². The van der Waals surface area contributed by atoms with Crippen molar-refractivity contribution < 1.29 is 22.6 Å². The average molecular weight is 355 g/mol. The van der Waals surface area contributed by atoms with E-state index in [0.29, 0.717) is 6.61 Å². The van der Waals surface area contributed by atoms with Crippen LogP contribution in [0.1, 0.15) is 16.7 Å². The molecular formula is C17H16F3NO2S. The van der Waals surface area contributed by atoms with E-state index in [9.17, 15) is 13.2 Å². The van der Waals surface area contributed by atoms with Gasteiger partial charge in [-0.2, -0.15) is 13.2 Å². The Balaban J connectivity index is 1.93. The van der Waals surface area contributed by atoms with Crippen LogP contribution in [-0.4, -0.2) is 18.2 Å². The average Bonchev–Trinajstić information content (AvgIpc) is 2.54. The summed E-state index contributed by atoms with van der Waals surface area (Å²) >= 11 is 4.71. The highest BCUT2D eigenvalue weighted by Gasteiger charge is 2.34. The second-order valence-electron chi connectivity index (χ2n) is 4.96. The summed E-state index contributed by atoms with van der Waals surface area (Å²) in [5.74, 6) is -0.272.